The van der Waals surface area contributed by atoms with Crippen LogP contribution in [0.3, 0.4) is 0 Å². The van der Waals surface area contributed by atoms with Crippen molar-refractivity contribution < 1.29 is 14.3 Å². The van der Waals surface area contributed by atoms with Crippen molar-refractivity contribution >= 4 is 24.0 Å². The quantitative estimate of drug-likeness (QED) is 0.228. The molecule has 0 unspecified atom stereocenters. The Labute approximate surface area is 180 Å². The summed E-state index contributed by atoms with van der Waals surface area (Å²) in [5.74, 6) is 0.469. The molecule has 1 N–H and O–H groups in total. The van der Waals surface area contributed by atoms with Crippen LogP contribution in [0.15, 0.2) is 59.9 Å². The molecule has 0 atom stereocenters. The summed E-state index contributed by atoms with van der Waals surface area (Å²) >= 11 is 1.57. The molecule has 2 aromatic carbocycles. The number of carbonyl (C=O) groups excluding carboxylic acids is 2. The lowest BCUT2D eigenvalue weighted by Gasteiger charge is -2.25. The maximum Gasteiger partial charge on any atom is 0.356 e. The molecule has 1 aromatic heterocycles. The predicted molar refractivity (Wildman–Crippen MR) is 118 cm³/mol. The Bertz CT molecular complexity index is 1010. The number of aromatic amines is 1. The van der Waals surface area contributed by atoms with Crippen LogP contribution in [0.4, 0.5) is 0 Å². The second-order valence-corrected chi connectivity index (χ2v) is 8.39. The molecule has 0 spiro atoms. The number of rotatable bonds is 9. The van der Waals surface area contributed by atoms with Crippen molar-refractivity contribution in [2.45, 2.75) is 36.8 Å². The van der Waals surface area contributed by atoms with Gasteiger partial charge in [-0.3, -0.25) is 0 Å². The topological polar surface area (TPSA) is 72.0 Å². The minimum Gasteiger partial charge on any atom is -0.461 e. The number of hydrogen-bond donors (Lipinski definition) is 1. The Morgan fingerprint density at radius 2 is 1.77 bits per heavy atom. The fraction of sp³-hybridized carbons (Fsp3) is 0.292. The monoisotopic (exact) mass is 420 g/mol. The van der Waals surface area contributed by atoms with Gasteiger partial charge in [-0.2, -0.15) is 0 Å². The van der Waals surface area contributed by atoms with Crippen LogP contribution >= 0.6 is 11.8 Å². The Morgan fingerprint density at radius 1 is 1.10 bits per heavy atom. The van der Waals surface area contributed by atoms with E-state index >= 15 is 0 Å². The molecule has 4 rings (SSSR count). The Balaban J connectivity index is 1.39. The highest BCUT2D eigenvalue weighted by Gasteiger charge is 2.42. The van der Waals surface area contributed by atoms with E-state index in [1.54, 1.807) is 18.7 Å². The lowest BCUT2D eigenvalue weighted by atomic mass is 9.75. The predicted octanol–water partition coefficient (Wildman–Crippen LogP) is 5.01. The van der Waals surface area contributed by atoms with Gasteiger partial charge >= 0.3 is 5.97 Å². The molecule has 0 aliphatic heterocycles. The molecule has 1 aliphatic carbocycles. The van der Waals surface area contributed by atoms with E-state index in [2.05, 4.69) is 34.2 Å². The first kappa shape index (κ1) is 20.4. The van der Waals surface area contributed by atoms with Gasteiger partial charge in [-0.15, -0.1) is 0 Å². The van der Waals surface area contributed by atoms with E-state index in [1.807, 2.05) is 24.3 Å². The zero-order valence-corrected chi connectivity index (χ0v) is 17.7. The number of ether oxygens (including phenoxy) is 1. The number of hydrogen-bond acceptors (Lipinski definition) is 5. The third-order valence-corrected chi connectivity index (χ3v) is 6.53. The normalized spacial score (nSPS) is 13.5. The number of thioether (sulfide) groups is 1. The number of carbonyl (C=O) groups is 2. The highest BCUT2D eigenvalue weighted by molar-refractivity contribution is 7.99. The summed E-state index contributed by atoms with van der Waals surface area (Å²) in [5, 5.41) is 0.708. The van der Waals surface area contributed by atoms with Crippen molar-refractivity contribution in [3.63, 3.8) is 0 Å². The van der Waals surface area contributed by atoms with Crippen molar-refractivity contribution in [3.05, 3.63) is 71.5 Å². The molecule has 6 heteroatoms. The van der Waals surface area contributed by atoms with E-state index in [-0.39, 0.29) is 5.97 Å². The molecule has 3 aromatic rings. The molecule has 1 aliphatic rings. The van der Waals surface area contributed by atoms with Gasteiger partial charge in [0.1, 0.15) is 12.0 Å². The molecule has 0 fully saturated rings. The van der Waals surface area contributed by atoms with E-state index in [9.17, 15) is 9.59 Å². The van der Waals surface area contributed by atoms with Crippen LogP contribution in [0, 0.1) is 0 Å². The smallest absolute Gasteiger partial charge is 0.356 e. The summed E-state index contributed by atoms with van der Waals surface area (Å²) in [6, 6.07) is 16.5. The fourth-order valence-corrected chi connectivity index (χ4v) is 5.03. The van der Waals surface area contributed by atoms with Crippen molar-refractivity contribution in [1.82, 2.24) is 9.97 Å². The average molecular weight is 421 g/mol. The van der Waals surface area contributed by atoms with Crippen LogP contribution in [0.25, 0.3) is 11.1 Å². The van der Waals surface area contributed by atoms with Crippen molar-refractivity contribution in [2.75, 3.05) is 12.4 Å². The molecular weight excluding hydrogens is 396 g/mol. The summed E-state index contributed by atoms with van der Waals surface area (Å²) in [7, 11) is 0. The number of aromatic nitrogens is 2. The van der Waals surface area contributed by atoms with Crippen molar-refractivity contribution in [2.24, 2.45) is 0 Å². The molecule has 0 radical (unpaired) electrons. The Kier molecular flexibility index (Phi) is 6.04. The maximum absolute atomic E-state index is 12.4. The summed E-state index contributed by atoms with van der Waals surface area (Å²) in [4.78, 5) is 31.3. The average Bonchev–Trinajstić information content (AvgIpc) is 3.36. The van der Waals surface area contributed by atoms with Gasteiger partial charge in [0.2, 0.25) is 0 Å². The number of esters is 1. The Morgan fingerprint density at radius 3 is 2.40 bits per heavy atom. The molecule has 0 saturated carbocycles. The van der Waals surface area contributed by atoms with Gasteiger partial charge in [0.15, 0.2) is 5.16 Å². The molecular formula is C24H24N2O3S. The first-order valence-corrected chi connectivity index (χ1v) is 11.2. The second kappa shape index (κ2) is 8.88. The van der Waals surface area contributed by atoms with E-state index in [4.69, 9.17) is 4.74 Å². The summed E-state index contributed by atoms with van der Waals surface area (Å²) < 4.78 is 4.97. The highest BCUT2D eigenvalue weighted by Crippen LogP contribution is 2.50. The zero-order valence-electron chi connectivity index (χ0n) is 16.9. The number of nitrogens with zero attached hydrogens (tertiary/aromatic N) is 1. The van der Waals surface area contributed by atoms with E-state index in [0.717, 1.165) is 53.6 Å². The molecule has 5 nitrogen and oxygen atoms in total. The highest BCUT2D eigenvalue weighted by atomic mass is 32.2. The third-order valence-electron chi connectivity index (χ3n) is 5.56. The molecule has 154 valence electrons. The molecule has 1 heterocycles. The minimum atomic E-state index is -0.570. The maximum atomic E-state index is 12.4. The second-order valence-electron chi connectivity index (χ2n) is 7.31. The molecule has 0 bridgehead atoms. The summed E-state index contributed by atoms with van der Waals surface area (Å²) in [5.41, 5.74) is 4.35. The molecule has 30 heavy (non-hydrogen) atoms. The van der Waals surface area contributed by atoms with Gasteiger partial charge in [-0.05, 0) is 42.0 Å². The third kappa shape index (κ3) is 3.67. The minimum absolute atomic E-state index is 0.338. The van der Waals surface area contributed by atoms with E-state index in [1.165, 1.54) is 6.20 Å². The molecule has 0 amide bonds. The van der Waals surface area contributed by atoms with Crippen LogP contribution in [-0.2, 0) is 14.9 Å². The summed E-state index contributed by atoms with van der Waals surface area (Å²) in [6.07, 6.45) is 5.27. The van der Waals surface area contributed by atoms with E-state index < -0.39 is 5.41 Å². The number of benzene rings is 2. The lowest BCUT2D eigenvalue weighted by Crippen LogP contribution is -2.27. The van der Waals surface area contributed by atoms with Crippen LogP contribution in [0.2, 0.25) is 0 Å². The largest absolute Gasteiger partial charge is 0.461 e. The van der Waals surface area contributed by atoms with Crippen LogP contribution in [0.5, 0.6) is 0 Å². The number of fused-ring (bicyclic) bond motifs is 3. The van der Waals surface area contributed by atoms with E-state index in [0.29, 0.717) is 17.5 Å². The SMILES string of the molecule is CCOC(=O)c1cnc(SCCCCC2(C=O)c3ccccc3-c3ccccc32)[nH]1. The number of imidazole rings is 1. The first-order valence-electron chi connectivity index (χ1n) is 10.2. The van der Waals surface area contributed by atoms with Gasteiger partial charge < -0.3 is 14.5 Å². The van der Waals surface area contributed by atoms with Crippen molar-refractivity contribution in [3.8, 4) is 11.1 Å². The van der Waals surface area contributed by atoms with Crippen LogP contribution < -0.4 is 0 Å². The van der Waals surface area contributed by atoms with Crippen molar-refractivity contribution in [1.29, 1.82) is 0 Å². The number of aldehydes is 1. The first-order chi connectivity index (χ1) is 14.7. The number of unbranched alkanes of at least 4 members (excludes halogenated alkanes) is 1. The van der Waals surface area contributed by atoms with Crippen LogP contribution in [0.1, 0.15) is 47.8 Å². The standard InChI is InChI=1S/C24H24N2O3S/c1-2-29-22(28)21-15-25-23(26-21)30-14-8-7-13-24(16-27)19-11-5-3-9-17(19)18-10-4-6-12-20(18)24/h3-6,9-12,15-16H,2,7-8,13-14H2,1H3,(H,25,26). The van der Waals surface area contributed by atoms with Gasteiger partial charge in [0.25, 0.3) is 0 Å². The van der Waals surface area contributed by atoms with Gasteiger partial charge in [0, 0.05) is 5.75 Å². The fourth-order valence-electron chi connectivity index (χ4n) is 4.18. The van der Waals surface area contributed by atoms with Gasteiger partial charge in [-0.25, -0.2) is 9.78 Å². The Hall–Kier alpha value is -2.86. The number of nitrogens with one attached hydrogen (secondary N) is 1. The van der Waals surface area contributed by atoms with Gasteiger partial charge in [0.05, 0.1) is 18.2 Å². The summed E-state index contributed by atoms with van der Waals surface area (Å²) in [6.45, 7) is 2.11. The lowest BCUT2D eigenvalue weighted by molar-refractivity contribution is -0.111. The van der Waals surface area contributed by atoms with Crippen LogP contribution in [-0.4, -0.2) is 34.6 Å². The van der Waals surface area contributed by atoms with Gasteiger partial charge in [-0.1, -0.05) is 66.7 Å². The molecule has 0 saturated heterocycles. The zero-order chi connectivity index (χ0) is 21.0. The number of H-pyrrole nitrogens is 1.